The minimum atomic E-state index is 0. The highest BCUT2D eigenvalue weighted by atomic mass is 127. The largest absolute Gasteiger partial charge is 0.357 e. The Balaban J connectivity index is 0.00000484. The standard InChI is InChI=1S/C17H37N5.HI/c1-5-18-17(19-10-6-12-21(3)4)20-11-7-13-22-14-8-16(2)9-15-22;/h16H,5-15H2,1-4H3,(H2,18,19,20);1H. The fraction of sp³-hybridized carbons (Fsp3) is 0.941. The summed E-state index contributed by atoms with van der Waals surface area (Å²) in [6.45, 7) is 12.2. The molecule has 23 heavy (non-hydrogen) atoms. The lowest BCUT2D eigenvalue weighted by Gasteiger charge is -2.30. The first kappa shape index (κ1) is 22.9. The molecule has 6 heteroatoms. The number of nitrogens with one attached hydrogen (secondary N) is 2. The van der Waals surface area contributed by atoms with Gasteiger partial charge >= 0.3 is 0 Å². The molecule has 1 rings (SSSR count). The highest BCUT2D eigenvalue weighted by molar-refractivity contribution is 14.0. The van der Waals surface area contributed by atoms with Crippen LogP contribution >= 0.6 is 24.0 Å². The van der Waals surface area contributed by atoms with Gasteiger partial charge in [0, 0.05) is 19.6 Å². The fourth-order valence-corrected chi connectivity index (χ4v) is 2.71. The van der Waals surface area contributed by atoms with Crippen LogP contribution in [0.1, 0.15) is 39.5 Å². The van der Waals surface area contributed by atoms with Crippen molar-refractivity contribution in [1.29, 1.82) is 0 Å². The Kier molecular flexibility index (Phi) is 14.2. The maximum absolute atomic E-state index is 4.63. The number of rotatable bonds is 9. The van der Waals surface area contributed by atoms with Gasteiger partial charge < -0.3 is 20.4 Å². The average Bonchev–Trinajstić information content (AvgIpc) is 2.49. The molecule has 0 bridgehead atoms. The van der Waals surface area contributed by atoms with Gasteiger partial charge in [-0.2, -0.15) is 0 Å². The Morgan fingerprint density at radius 1 is 1.17 bits per heavy atom. The molecule has 0 saturated carbocycles. The summed E-state index contributed by atoms with van der Waals surface area (Å²) in [4.78, 5) is 9.44. The first-order valence-electron chi connectivity index (χ1n) is 9.01. The summed E-state index contributed by atoms with van der Waals surface area (Å²) in [7, 11) is 4.21. The number of aliphatic imine (C=N–C) groups is 1. The summed E-state index contributed by atoms with van der Waals surface area (Å²) in [6, 6.07) is 0. The Hall–Kier alpha value is -0.0800. The van der Waals surface area contributed by atoms with Gasteiger partial charge in [-0.15, -0.1) is 24.0 Å². The molecule has 0 aromatic rings. The van der Waals surface area contributed by atoms with Gasteiger partial charge in [0.15, 0.2) is 5.96 Å². The first-order valence-corrected chi connectivity index (χ1v) is 9.01. The van der Waals surface area contributed by atoms with Gasteiger partial charge in [0.2, 0.25) is 0 Å². The Bertz CT molecular complexity index is 301. The van der Waals surface area contributed by atoms with E-state index in [2.05, 4.69) is 53.4 Å². The van der Waals surface area contributed by atoms with Crippen molar-refractivity contribution in [2.24, 2.45) is 10.9 Å². The second-order valence-electron chi connectivity index (χ2n) is 6.72. The number of guanidine groups is 1. The summed E-state index contributed by atoms with van der Waals surface area (Å²) in [5.74, 6) is 1.89. The molecule has 0 aromatic heterocycles. The predicted octanol–water partition coefficient (Wildman–Crippen LogP) is 2.23. The second kappa shape index (κ2) is 14.3. The van der Waals surface area contributed by atoms with E-state index in [1.54, 1.807) is 0 Å². The molecule has 0 unspecified atom stereocenters. The highest BCUT2D eigenvalue weighted by Crippen LogP contribution is 2.15. The molecule has 0 aliphatic carbocycles. The van der Waals surface area contributed by atoms with E-state index in [0.29, 0.717) is 0 Å². The minimum Gasteiger partial charge on any atom is -0.357 e. The van der Waals surface area contributed by atoms with Gasteiger partial charge in [0.05, 0.1) is 0 Å². The van der Waals surface area contributed by atoms with Crippen LogP contribution < -0.4 is 10.6 Å². The summed E-state index contributed by atoms with van der Waals surface area (Å²) >= 11 is 0. The zero-order valence-corrected chi connectivity index (χ0v) is 17.9. The molecule has 0 aromatic carbocycles. The quantitative estimate of drug-likeness (QED) is 0.250. The minimum absolute atomic E-state index is 0. The molecule has 1 heterocycles. The molecule has 5 nitrogen and oxygen atoms in total. The van der Waals surface area contributed by atoms with Crippen LogP contribution in [-0.2, 0) is 0 Å². The number of hydrogen-bond acceptors (Lipinski definition) is 3. The van der Waals surface area contributed by atoms with E-state index in [0.717, 1.165) is 44.5 Å². The van der Waals surface area contributed by atoms with Crippen molar-refractivity contribution in [3.05, 3.63) is 0 Å². The SMILES string of the molecule is CCNC(=NCCCN(C)C)NCCCN1CCC(C)CC1.I. The van der Waals surface area contributed by atoms with Gasteiger partial charge in [-0.1, -0.05) is 6.92 Å². The third-order valence-corrected chi connectivity index (χ3v) is 4.20. The van der Waals surface area contributed by atoms with Crippen molar-refractivity contribution in [2.45, 2.75) is 39.5 Å². The number of likely N-dealkylation sites (tertiary alicyclic amines) is 1. The van der Waals surface area contributed by atoms with Crippen molar-refractivity contribution in [3.8, 4) is 0 Å². The fourth-order valence-electron chi connectivity index (χ4n) is 2.71. The van der Waals surface area contributed by atoms with E-state index in [4.69, 9.17) is 0 Å². The van der Waals surface area contributed by atoms with E-state index >= 15 is 0 Å². The van der Waals surface area contributed by atoms with Gasteiger partial charge in [-0.05, 0) is 78.8 Å². The Labute approximate surface area is 160 Å². The maximum atomic E-state index is 4.63. The van der Waals surface area contributed by atoms with Crippen LogP contribution in [0.15, 0.2) is 4.99 Å². The molecule has 0 radical (unpaired) electrons. The Morgan fingerprint density at radius 3 is 2.48 bits per heavy atom. The monoisotopic (exact) mass is 439 g/mol. The number of halogens is 1. The average molecular weight is 439 g/mol. The lowest BCUT2D eigenvalue weighted by Crippen LogP contribution is -2.40. The smallest absolute Gasteiger partial charge is 0.191 e. The van der Waals surface area contributed by atoms with Crippen molar-refractivity contribution >= 4 is 29.9 Å². The highest BCUT2D eigenvalue weighted by Gasteiger charge is 2.14. The molecule has 1 aliphatic heterocycles. The van der Waals surface area contributed by atoms with Crippen LogP contribution in [-0.4, -0.2) is 75.7 Å². The number of piperidine rings is 1. The third-order valence-electron chi connectivity index (χ3n) is 4.20. The molecule has 138 valence electrons. The Morgan fingerprint density at radius 2 is 1.87 bits per heavy atom. The van der Waals surface area contributed by atoms with E-state index in [1.807, 2.05) is 0 Å². The van der Waals surface area contributed by atoms with Crippen LogP contribution in [0.4, 0.5) is 0 Å². The zero-order chi connectivity index (χ0) is 16.2. The number of nitrogens with zero attached hydrogens (tertiary/aromatic N) is 3. The van der Waals surface area contributed by atoms with Crippen molar-refractivity contribution in [1.82, 2.24) is 20.4 Å². The van der Waals surface area contributed by atoms with E-state index in [1.165, 1.54) is 38.9 Å². The third kappa shape index (κ3) is 12.0. The molecule has 1 fully saturated rings. The lowest BCUT2D eigenvalue weighted by atomic mass is 9.99. The zero-order valence-electron chi connectivity index (χ0n) is 15.6. The van der Waals surface area contributed by atoms with Crippen LogP contribution in [0.3, 0.4) is 0 Å². The molecular formula is C17H38IN5. The second-order valence-corrected chi connectivity index (χ2v) is 6.72. The van der Waals surface area contributed by atoms with Crippen molar-refractivity contribution in [2.75, 3.05) is 59.9 Å². The molecule has 2 N–H and O–H groups in total. The van der Waals surface area contributed by atoms with E-state index in [9.17, 15) is 0 Å². The van der Waals surface area contributed by atoms with Crippen molar-refractivity contribution in [3.63, 3.8) is 0 Å². The van der Waals surface area contributed by atoms with Gasteiger partial charge in [-0.3, -0.25) is 4.99 Å². The van der Waals surface area contributed by atoms with Gasteiger partial charge in [-0.25, -0.2) is 0 Å². The van der Waals surface area contributed by atoms with Gasteiger partial charge in [0.25, 0.3) is 0 Å². The van der Waals surface area contributed by atoms with E-state index < -0.39 is 0 Å². The van der Waals surface area contributed by atoms with E-state index in [-0.39, 0.29) is 24.0 Å². The maximum Gasteiger partial charge on any atom is 0.191 e. The van der Waals surface area contributed by atoms with Crippen LogP contribution in [0, 0.1) is 5.92 Å². The van der Waals surface area contributed by atoms with Crippen LogP contribution in [0.5, 0.6) is 0 Å². The molecule has 0 atom stereocenters. The summed E-state index contributed by atoms with van der Waals surface area (Å²) in [5, 5.41) is 6.78. The molecule has 1 aliphatic rings. The van der Waals surface area contributed by atoms with Crippen molar-refractivity contribution < 1.29 is 0 Å². The molecule has 0 amide bonds. The predicted molar refractivity (Wildman–Crippen MR) is 112 cm³/mol. The molecular weight excluding hydrogens is 401 g/mol. The topological polar surface area (TPSA) is 42.9 Å². The van der Waals surface area contributed by atoms with Gasteiger partial charge in [0.1, 0.15) is 0 Å². The normalized spacial score (nSPS) is 17.2. The van der Waals surface area contributed by atoms with Crippen LogP contribution in [0.25, 0.3) is 0 Å². The first-order chi connectivity index (χ1) is 10.6. The lowest BCUT2D eigenvalue weighted by molar-refractivity contribution is 0.191. The molecule has 1 saturated heterocycles. The number of hydrogen-bond donors (Lipinski definition) is 2. The summed E-state index contributed by atoms with van der Waals surface area (Å²) in [5.41, 5.74) is 0. The summed E-state index contributed by atoms with van der Waals surface area (Å²) < 4.78 is 0. The summed E-state index contributed by atoms with van der Waals surface area (Å²) in [6.07, 6.45) is 5.03. The molecule has 0 spiro atoms. The van der Waals surface area contributed by atoms with Crippen LogP contribution in [0.2, 0.25) is 0 Å².